The Balaban J connectivity index is 1.85. The summed E-state index contributed by atoms with van der Waals surface area (Å²) < 4.78 is 0. The molecule has 0 aliphatic rings. The minimum Gasteiger partial charge on any atom is -0.313 e. The fourth-order valence-electron chi connectivity index (χ4n) is 1.44. The van der Waals surface area contributed by atoms with Gasteiger partial charge in [0.2, 0.25) is 0 Å². The number of benzene rings is 1. The van der Waals surface area contributed by atoms with Gasteiger partial charge in [0.1, 0.15) is 0 Å². The van der Waals surface area contributed by atoms with E-state index < -0.39 is 0 Å². The van der Waals surface area contributed by atoms with E-state index in [4.69, 9.17) is 0 Å². The summed E-state index contributed by atoms with van der Waals surface area (Å²) >= 11 is 3.49. The first kappa shape index (κ1) is 12.6. The van der Waals surface area contributed by atoms with E-state index in [9.17, 15) is 0 Å². The summed E-state index contributed by atoms with van der Waals surface area (Å²) in [5, 5.41) is 5.43. The van der Waals surface area contributed by atoms with E-state index in [0.717, 1.165) is 24.5 Å². The SMILES string of the molecule is CCNCc1ccc(SCc2cscn2)cc1. The number of aromatic nitrogens is 1. The molecule has 1 aromatic heterocycles. The maximum atomic E-state index is 4.28. The van der Waals surface area contributed by atoms with Crippen LogP contribution in [0.1, 0.15) is 18.2 Å². The average molecular weight is 264 g/mol. The maximum absolute atomic E-state index is 4.28. The Morgan fingerprint density at radius 3 is 2.76 bits per heavy atom. The molecule has 90 valence electrons. The molecule has 0 amide bonds. The van der Waals surface area contributed by atoms with E-state index in [-0.39, 0.29) is 0 Å². The van der Waals surface area contributed by atoms with Crippen molar-refractivity contribution in [3.05, 3.63) is 46.4 Å². The zero-order valence-electron chi connectivity index (χ0n) is 9.85. The molecule has 0 fully saturated rings. The van der Waals surface area contributed by atoms with Crippen LogP contribution in [0.4, 0.5) is 0 Å². The smallest absolute Gasteiger partial charge is 0.0795 e. The summed E-state index contributed by atoms with van der Waals surface area (Å²) in [7, 11) is 0. The van der Waals surface area contributed by atoms with Crippen molar-refractivity contribution >= 4 is 23.1 Å². The van der Waals surface area contributed by atoms with Crippen molar-refractivity contribution in [3.8, 4) is 0 Å². The molecular formula is C13H16N2S2. The van der Waals surface area contributed by atoms with Gasteiger partial charge in [-0.25, -0.2) is 4.98 Å². The number of hydrogen-bond acceptors (Lipinski definition) is 4. The summed E-state index contributed by atoms with van der Waals surface area (Å²) in [6, 6.07) is 8.74. The van der Waals surface area contributed by atoms with Crippen LogP contribution in [0.2, 0.25) is 0 Å². The van der Waals surface area contributed by atoms with Crippen molar-refractivity contribution in [2.24, 2.45) is 0 Å². The molecule has 0 aliphatic carbocycles. The van der Waals surface area contributed by atoms with E-state index in [1.54, 1.807) is 11.3 Å². The summed E-state index contributed by atoms with van der Waals surface area (Å²) in [5.41, 5.74) is 4.39. The van der Waals surface area contributed by atoms with Crippen molar-refractivity contribution in [1.29, 1.82) is 0 Å². The molecule has 0 saturated carbocycles. The van der Waals surface area contributed by atoms with Gasteiger partial charge in [0.15, 0.2) is 0 Å². The molecule has 1 aromatic carbocycles. The van der Waals surface area contributed by atoms with Crippen LogP contribution in [-0.4, -0.2) is 11.5 Å². The van der Waals surface area contributed by atoms with E-state index in [0.29, 0.717) is 0 Å². The van der Waals surface area contributed by atoms with Gasteiger partial charge in [0, 0.05) is 22.6 Å². The van der Waals surface area contributed by atoms with Crippen molar-refractivity contribution < 1.29 is 0 Å². The summed E-state index contributed by atoms with van der Waals surface area (Å²) in [5.74, 6) is 0.954. The maximum Gasteiger partial charge on any atom is 0.0795 e. The van der Waals surface area contributed by atoms with Gasteiger partial charge in [-0.15, -0.1) is 23.1 Å². The molecule has 2 nitrogen and oxygen atoms in total. The number of nitrogens with one attached hydrogen (secondary N) is 1. The van der Waals surface area contributed by atoms with Gasteiger partial charge in [0.25, 0.3) is 0 Å². The van der Waals surface area contributed by atoms with E-state index in [2.05, 4.69) is 46.9 Å². The van der Waals surface area contributed by atoms with Gasteiger partial charge < -0.3 is 5.32 Å². The van der Waals surface area contributed by atoms with Gasteiger partial charge in [-0.3, -0.25) is 0 Å². The molecular weight excluding hydrogens is 248 g/mol. The van der Waals surface area contributed by atoms with Gasteiger partial charge in [-0.05, 0) is 24.2 Å². The first-order valence-electron chi connectivity index (χ1n) is 5.68. The van der Waals surface area contributed by atoms with Crippen LogP contribution in [0, 0.1) is 0 Å². The number of nitrogens with zero attached hydrogens (tertiary/aromatic N) is 1. The third kappa shape index (κ3) is 4.15. The van der Waals surface area contributed by atoms with Crippen LogP contribution < -0.4 is 5.32 Å². The standard InChI is InChI=1S/C13H16N2S2/c1-2-14-7-11-3-5-13(6-4-11)17-9-12-8-16-10-15-12/h3-6,8,10,14H,2,7,9H2,1H3. The molecule has 2 rings (SSSR count). The molecule has 0 spiro atoms. The van der Waals surface area contributed by atoms with Crippen molar-refractivity contribution in [1.82, 2.24) is 10.3 Å². The molecule has 17 heavy (non-hydrogen) atoms. The predicted octanol–water partition coefficient (Wildman–Crippen LogP) is 3.54. The van der Waals surface area contributed by atoms with Crippen LogP contribution in [0.3, 0.4) is 0 Å². The number of hydrogen-bond donors (Lipinski definition) is 1. The summed E-state index contributed by atoms with van der Waals surface area (Å²) in [6.45, 7) is 4.09. The predicted molar refractivity (Wildman–Crippen MR) is 75.5 cm³/mol. The molecule has 0 aliphatic heterocycles. The highest BCUT2D eigenvalue weighted by molar-refractivity contribution is 7.98. The van der Waals surface area contributed by atoms with Crippen molar-refractivity contribution in [2.75, 3.05) is 6.54 Å². The zero-order chi connectivity index (χ0) is 11.9. The van der Waals surface area contributed by atoms with Crippen LogP contribution >= 0.6 is 23.1 Å². The Kier molecular flexibility index (Phi) is 5.04. The average Bonchev–Trinajstić information content (AvgIpc) is 2.88. The van der Waals surface area contributed by atoms with E-state index >= 15 is 0 Å². The Bertz CT molecular complexity index is 423. The highest BCUT2D eigenvalue weighted by Crippen LogP contribution is 2.22. The lowest BCUT2D eigenvalue weighted by molar-refractivity contribution is 0.726. The number of thiazole rings is 1. The lowest BCUT2D eigenvalue weighted by Crippen LogP contribution is -2.11. The Morgan fingerprint density at radius 1 is 1.29 bits per heavy atom. The highest BCUT2D eigenvalue weighted by Gasteiger charge is 1.98. The molecule has 0 unspecified atom stereocenters. The molecule has 2 aromatic rings. The second-order valence-corrected chi connectivity index (χ2v) is 5.46. The molecule has 0 radical (unpaired) electrons. The number of thioether (sulfide) groups is 1. The van der Waals surface area contributed by atoms with E-state index in [1.165, 1.54) is 10.5 Å². The van der Waals surface area contributed by atoms with Crippen molar-refractivity contribution in [2.45, 2.75) is 24.1 Å². The third-order valence-corrected chi connectivity index (χ3v) is 4.05. The number of rotatable bonds is 6. The lowest BCUT2D eigenvalue weighted by atomic mass is 10.2. The van der Waals surface area contributed by atoms with Gasteiger partial charge in [0.05, 0.1) is 11.2 Å². The molecule has 1 N–H and O–H groups in total. The second kappa shape index (κ2) is 6.79. The molecule has 0 saturated heterocycles. The summed E-state index contributed by atoms with van der Waals surface area (Å²) in [4.78, 5) is 5.58. The van der Waals surface area contributed by atoms with Crippen LogP contribution in [0.15, 0.2) is 40.1 Å². The minimum atomic E-state index is 0.952. The quantitative estimate of drug-likeness (QED) is 0.808. The Labute approximate surface area is 110 Å². The van der Waals surface area contributed by atoms with Crippen LogP contribution in [0.25, 0.3) is 0 Å². The summed E-state index contributed by atoms with van der Waals surface area (Å²) in [6.07, 6.45) is 0. The highest BCUT2D eigenvalue weighted by atomic mass is 32.2. The molecule has 4 heteroatoms. The van der Waals surface area contributed by atoms with Crippen LogP contribution in [0.5, 0.6) is 0 Å². The first-order valence-corrected chi connectivity index (χ1v) is 7.61. The third-order valence-electron chi connectivity index (χ3n) is 2.37. The van der Waals surface area contributed by atoms with E-state index in [1.807, 2.05) is 17.3 Å². The molecule has 0 atom stereocenters. The largest absolute Gasteiger partial charge is 0.313 e. The monoisotopic (exact) mass is 264 g/mol. The molecule has 0 bridgehead atoms. The van der Waals surface area contributed by atoms with Crippen molar-refractivity contribution in [3.63, 3.8) is 0 Å². The first-order chi connectivity index (χ1) is 8.38. The second-order valence-electron chi connectivity index (χ2n) is 3.69. The fraction of sp³-hybridized carbons (Fsp3) is 0.308. The Morgan fingerprint density at radius 2 is 2.12 bits per heavy atom. The van der Waals surface area contributed by atoms with Gasteiger partial charge >= 0.3 is 0 Å². The zero-order valence-corrected chi connectivity index (χ0v) is 11.5. The fourth-order valence-corrected chi connectivity index (χ4v) is 2.90. The topological polar surface area (TPSA) is 24.9 Å². The Hall–Kier alpha value is -0.840. The normalized spacial score (nSPS) is 10.6. The van der Waals surface area contributed by atoms with Gasteiger partial charge in [-0.1, -0.05) is 19.1 Å². The van der Waals surface area contributed by atoms with Crippen LogP contribution in [-0.2, 0) is 12.3 Å². The lowest BCUT2D eigenvalue weighted by Gasteiger charge is -2.04. The minimum absolute atomic E-state index is 0.952. The van der Waals surface area contributed by atoms with Gasteiger partial charge in [-0.2, -0.15) is 0 Å². The molecule has 1 heterocycles.